The highest BCUT2D eigenvalue weighted by Crippen LogP contribution is 2.47. The van der Waals surface area contributed by atoms with Crippen LogP contribution in [0.15, 0.2) is 0 Å². The molecule has 2 saturated carbocycles. The van der Waals surface area contributed by atoms with Crippen LogP contribution in [0.25, 0.3) is 0 Å². The molecule has 1 nitrogen and oxygen atoms in total. The third-order valence-corrected chi connectivity index (χ3v) is 3.22. The van der Waals surface area contributed by atoms with Crippen molar-refractivity contribution in [2.45, 2.75) is 32.6 Å². The van der Waals surface area contributed by atoms with Crippen LogP contribution in [0.4, 0.5) is 0 Å². The Morgan fingerprint density at radius 3 is 2.70 bits per heavy atom. The van der Waals surface area contributed by atoms with Crippen molar-refractivity contribution in [2.24, 2.45) is 17.8 Å². The van der Waals surface area contributed by atoms with Gasteiger partial charge in [-0.05, 0) is 24.7 Å². The lowest BCUT2D eigenvalue weighted by Gasteiger charge is -2.18. The lowest BCUT2D eigenvalue weighted by atomic mass is 9.86. The predicted octanol–water partition coefficient (Wildman–Crippen LogP) is 2.01. The van der Waals surface area contributed by atoms with Crippen LogP contribution in [-0.2, 0) is 4.79 Å². The fourth-order valence-electron chi connectivity index (χ4n) is 2.69. The number of fused-ring (bicyclic) bond motifs is 2. The van der Waals surface area contributed by atoms with E-state index in [1.807, 2.05) is 0 Å². The number of hydrogen-bond acceptors (Lipinski definition) is 1. The van der Waals surface area contributed by atoms with Gasteiger partial charge in [-0.3, -0.25) is 4.79 Å². The van der Waals surface area contributed by atoms with Crippen molar-refractivity contribution in [3.8, 4) is 0 Å². The van der Waals surface area contributed by atoms with E-state index in [4.69, 9.17) is 0 Å². The van der Waals surface area contributed by atoms with Gasteiger partial charge in [0.1, 0.15) is 5.78 Å². The van der Waals surface area contributed by atoms with Gasteiger partial charge in [-0.25, -0.2) is 0 Å². The lowest BCUT2D eigenvalue weighted by molar-refractivity contribution is -0.123. The topological polar surface area (TPSA) is 17.1 Å². The fourth-order valence-corrected chi connectivity index (χ4v) is 2.69. The maximum Gasteiger partial charge on any atom is 0.136 e. The molecule has 2 aliphatic rings. The van der Waals surface area contributed by atoms with Crippen LogP contribution in [0.2, 0.25) is 0 Å². The minimum Gasteiger partial charge on any atom is -0.299 e. The third kappa shape index (κ3) is 0.727. The molecular formula is C9H14O. The molecular weight excluding hydrogens is 124 g/mol. The van der Waals surface area contributed by atoms with Gasteiger partial charge in [0, 0.05) is 12.3 Å². The molecule has 0 amide bonds. The Morgan fingerprint density at radius 2 is 2.30 bits per heavy atom. The van der Waals surface area contributed by atoms with Crippen molar-refractivity contribution >= 4 is 5.78 Å². The minimum atomic E-state index is 0.481. The van der Waals surface area contributed by atoms with Gasteiger partial charge in [0.15, 0.2) is 0 Å². The molecule has 2 bridgehead atoms. The second-order valence-corrected chi connectivity index (χ2v) is 3.78. The summed E-state index contributed by atoms with van der Waals surface area (Å²) in [5, 5.41) is 0. The molecule has 1 heteroatoms. The number of ketones is 1. The van der Waals surface area contributed by atoms with Gasteiger partial charge < -0.3 is 0 Å². The van der Waals surface area contributed by atoms with E-state index in [0.29, 0.717) is 11.7 Å². The molecule has 0 spiro atoms. The first-order valence-electron chi connectivity index (χ1n) is 4.34. The van der Waals surface area contributed by atoms with Crippen molar-refractivity contribution in [1.82, 2.24) is 0 Å². The van der Waals surface area contributed by atoms with Crippen molar-refractivity contribution in [1.29, 1.82) is 0 Å². The van der Waals surface area contributed by atoms with Gasteiger partial charge in [0.2, 0.25) is 0 Å². The highest BCUT2D eigenvalue weighted by Gasteiger charge is 2.44. The maximum atomic E-state index is 11.2. The normalized spacial score (nSPS) is 44.9. The summed E-state index contributed by atoms with van der Waals surface area (Å²) in [7, 11) is 0. The van der Waals surface area contributed by atoms with E-state index < -0.39 is 0 Å². The molecule has 2 rings (SSSR count). The lowest BCUT2D eigenvalue weighted by Crippen LogP contribution is -2.18. The second kappa shape index (κ2) is 2.08. The molecule has 56 valence electrons. The Balaban J connectivity index is 2.12. The van der Waals surface area contributed by atoms with Crippen LogP contribution in [0.1, 0.15) is 32.6 Å². The zero-order valence-electron chi connectivity index (χ0n) is 6.47. The first-order valence-corrected chi connectivity index (χ1v) is 4.34. The van der Waals surface area contributed by atoms with Crippen molar-refractivity contribution in [3.05, 3.63) is 0 Å². The van der Waals surface area contributed by atoms with Crippen molar-refractivity contribution < 1.29 is 4.79 Å². The van der Waals surface area contributed by atoms with Crippen LogP contribution in [0.5, 0.6) is 0 Å². The number of carbonyl (C=O) groups is 1. The van der Waals surface area contributed by atoms with Gasteiger partial charge in [0.25, 0.3) is 0 Å². The number of Topliss-reactive ketones (excluding diaryl/α,β-unsaturated/α-hetero) is 1. The molecule has 3 atom stereocenters. The molecule has 10 heavy (non-hydrogen) atoms. The molecule has 0 aromatic carbocycles. The molecule has 0 aromatic rings. The summed E-state index contributed by atoms with van der Waals surface area (Å²) in [5.74, 6) is 2.58. The van der Waals surface area contributed by atoms with Gasteiger partial charge in [0.05, 0.1) is 0 Å². The zero-order chi connectivity index (χ0) is 7.14. The van der Waals surface area contributed by atoms with Gasteiger partial charge in [-0.2, -0.15) is 0 Å². The number of rotatable bonds is 1. The van der Waals surface area contributed by atoms with E-state index in [-0.39, 0.29) is 0 Å². The van der Waals surface area contributed by atoms with Gasteiger partial charge in [-0.1, -0.05) is 13.3 Å². The monoisotopic (exact) mass is 138 g/mol. The summed E-state index contributed by atoms with van der Waals surface area (Å²) >= 11 is 0. The van der Waals surface area contributed by atoms with Gasteiger partial charge in [-0.15, -0.1) is 0 Å². The third-order valence-electron chi connectivity index (χ3n) is 3.22. The number of hydrogen-bond donors (Lipinski definition) is 0. The fraction of sp³-hybridized carbons (Fsp3) is 0.889. The van der Waals surface area contributed by atoms with E-state index in [2.05, 4.69) is 6.92 Å². The molecule has 2 fully saturated rings. The smallest absolute Gasteiger partial charge is 0.136 e. The molecule has 0 unspecified atom stereocenters. The molecule has 0 aliphatic heterocycles. The van der Waals surface area contributed by atoms with Gasteiger partial charge >= 0.3 is 0 Å². The average molecular weight is 138 g/mol. The first-order chi connectivity index (χ1) is 4.81. The Bertz CT molecular complexity index is 162. The van der Waals surface area contributed by atoms with E-state index in [0.717, 1.165) is 18.3 Å². The van der Waals surface area contributed by atoms with Crippen molar-refractivity contribution in [3.63, 3.8) is 0 Å². The summed E-state index contributed by atoms with van der Waals surface area (Å²) < 4.78 is 0. The van der Waals surface area contributed by atoms with E-state index in [1.165, 1.54) is 19.3 Å². The van der Waals surface area contributed by atoms with Crippen LogP contribution in [0, 0.1) is 17.8 Å². The predicted molar refractivity (Wildman–Crippen MR) is 39.6 cm³/mol. The molecule has 0 heterocycles. The Morgan fingerprint density at radius 1 is 1.50 bits per heavy atom. The first kappa shape index (κ1) is 6.38. The average Bonchev–Trinajstić information content (AvgIpc) is 2.44. The van der Waals surface area contributed by atoms with E-state index in [9.17, 15) is 4.79 Å². The minimum absolute atomic E-state index is 0.481. The molecule has 0 aromatic heterocycles. The Hall–Kier alpha value is -0.330. The molecule has 2 aliphatic carbocycles. The Labute approximate surface area is 61.8 Å². The highest BCUT2D eigenvalue weighted by molar-refractivity contribution is 5.84. The van der Waals surface area contributed by atoms with Crippen molar-refractivity contribution in [2.75, 3.05) is 0 Å². The van der Waals surface area contributed by atoms with Crippen LogP contribution < -0.4 is 0 Å². The second-order valence-electron chi connectivity index (χ2n) is 3.78. The summed E-state index contributed by atoms with van der Waals surface area (Å²) in [6, 6.07) is 0. The maximum absolute atomic E-state index is 11.2. The summed E-state index contributed by atoms with van der Waals surface area (Å²) in [6.07, 6.45) is 4.68. The molecule has 0 N–H and O–H groups in total. The van der Waals surface area contributed by atoms with Crippen LogP contribution in [0.3, 0.4) is 0 Å². The largest absolute Gasteiger partial charge is 0.299 e. The molecule has 0 saturated heterocycles. The molecule has 0 radical (unpaired) electrons. The quantitative estimate of drug-likeness (QED) is 0.541. The summed E-state index contributed by atoms with van der Waals surface area (Å²) in [4.78, 5) is 11.2. The van der Waals surface area contributed by atoms with E-state index in [1.54, 1.807) is 0 Å². The Kier molecular flexibility index (Phi) is 1.33. The van der Waals surface area contributed by atoms with Crippen LogP contribution in [-0.4, -0.2) is 5.78 Å². The summed E-state index contributed by atoms with van der Waals surface area (Å²) in [5.41, 5.74) is 0. The highest BCUT2D eigenvalue weighted by atomic mass is 16.1. The SMILES string of the molecule is CC[C@H]1C[C@@H]2CC(=O)[C@H]1C2. The zero-order valence-corrected chi connectivity index (χ0v) is 6.47. The summed E-state index contributed by atoms with van der Waals surface area (Å²) in [6.45, 7) is 2.21. The standard InChI is InChI=1S/C9H14O/c1-2-7-3-6-4-8(7)9(10)5-6/h6-8H,2-5H2,1H3/t6-,7-,8-/m0/s1. The van der Waals surface area contributed by atoms with Crippen LogP contribution >= 0.6 is 0 Å². The van der Waals surface area contributed by atoms with E-state index >= 15 is 0 Å². The number of carbonyl (C=O) groups excluding carboxylic acids is 1.